The van der Waals surface area contributed by atoms with Gasteiger partial charge in [0.15, 0.2) is 0 Å². The lowest BCUT2D eigenvalue weighted by atomic mass is 10.2. The van der Waals surface area contributed by atoms with Gasteiger partial charge in [0, 0.05) is 24.8 Å². The summed E-state index contributed by atoms with van der Waals surface area (Å²) in [5, 5.41) is 3.65. The van der Waals surface area contributed by atoms with Gasteiger partial charge in [-0.1, -0.05) is 0 Å². The number of hydrogen-bond donors (Lipinski definition) is 3. The van der Waals surface area contributed by atoms with E-state index in [2.05, 4.69) is 41.1 Å². The maximum atomic E-state index is 12.0. The van der Waals surface area contributed by atoms with Crippen LogP contribution in [0, 0.1) is 0 Å². The fourth-order valence-corrected chi connectivity index (χ4v) is 1.85. The standard InChI is InChI=1S/C14H21N5O/c1-9(2)19(3)7-6-16-14-17-12-5-4-10(15)8-11(12)13(20)18-14/h4-5,8-9H,6-7,15H2,1-3H3,(H2,16,17,18,20). The Morgan fingerprint density at radius 1 is 1.45 bits per heavy atom. The summed E-state index contributed by atoms with van der Waals surface area (Å²) < 4.78 is 0. The van der Waals surface area contributed by atoms with Crippen LogP contribution in [0.2, 0.25) is 0 Å². The summed E-state index contributed by atoms with van der Waals surface area (Å²) in [6.45, 7) is 5.88. The van der Waals surface area contributed by atoms with Crippen molar-refractivity contribution in [1.29, 1.82) is 0 Å². The van der Waals surface area contributed by atoms with E-state index >= 15 is 0 Å². The van der Waals surface area contributed by atoms with Gasteiger partial charge in [-0.25, -0.2) is 4.98 Å². The number of nitrogens with one attached hydrogen (secondary N) is 2. The Hall–Kier alpha value is -2.08. The number of rotatable bonds is 5. The number of fused-ring (bicyclic) bond motifs is 1. The number of likely N-dealkylation sites (N-methyl/N-ethyl adjacent to an activating group) is 1. The lowest BCUT2D eigenvalue weighted by molar-refractivity contribution is 0.284. The second-order valence-electron chi connectivity index (χ2n) is 5.19. The average molecular weight is 275 g/mol. The first-order valence-electron chi connectivity index (χ1n) is 6.71. The minimum absolute atomic E-state index is 0.179. The minimum Gasteiger partial charge on any atom is -0.399 e. The van der Waals surface area contributed by atoms with E-state index in [4.69, 9.17) is 5.73 Å². The summed E-state index contributed by atoms with van der Waals surface area (Å²) in [7, 11) is 2.06. The van der Waals surface area contributed by atoms with E-state index in [-0.39, 0.29) is 5.56 Å². The topological polar surface area (TPSA) is 87.0 Å². The molecule has 1 heterocycles. The summed E-state index contributed by atoms with van der Waals surface area (Å²) in [4.78, 5) is 21.3. The maximum absolute atomic E-state index is 12.0. The van der Waals surface area contributed by atoms with E-state index in [1.807, 2.05) is 0 Å². The summed E-state index contributed by atoms with van der Waals surface area (Å²) >= 11 is 0. The van der Waals surface area contributed by atoms with Gasteiger partial charge in [-0.15, -0.1) is 0 Å². The predicted octanol–water partition coefficient (Wildman–Crippen LogP) is 1.26. The highest BCUT2D eigenvalue weighted by Crippen LogP contribution is 2.12. The molecule has 0 fully saturated rings. The van der Waals surface area contributed by atoms with Crippen molar-refractivity contribution in [3.63, 3.8) is 0 Å². The molecule has 0 aliphatic carbocycles. The zero-order valence-corrected chi connectivity index (χ0v) is 12.1. The Bertz CT molecular complexity index is 650. The average Bonchev–Trinajstić information content (AvgIpc) is 2.39. The Morgan fingerprint density at radius 2 is 2.20 bits per heavy atom. The third kappa shape index (κ3) is 3.27. The van der Waals surface area contributed by atoms with Crippen LogP contribution in [0.15, 0.2) is 23.0 Å². The second kappa shape index (κ2) is 5.92. The maximum Gasteiger partial charge on any atom is 0.260 e. The van der Waals surface area contributed by atoms with E-state index in [1.54, 1.807) is 18.2 Å². The quantitative estimate of drug-likeness (QED) is 0.715. The zero-order chi connectivity index (χ0) is 14.7. The van der Waals surface area contributed by atoms with Gasteiger partial charge in [0.05, 0.1) is 10.9 Å². The van der Waals surface area contributed by atoms with Crippen molar-refractivity contribution >= 4 is 22.5 Å². The smallest absolute Gasteiger partial charge is 0.260 e. The van der Waals surface area contributed by atoms with Gasteiger partial charge >= 0.3 is 0 Å². The van der Waals surface area contributed by atoms with E-state index in [0.29, 0.717) is 28.6 Å². The van der Waals surface area contributed by atoms with Crippen molar-refractivity contribution in [3.8, 4) is 0 Å². The molecule has 1 aromatic carbocycles. The number of nitrogens with zero attached hydrogens (tertiary/aromatic N) is 2. The number of H-pyrrole nitrogens is 1. The molecule has 2 rings (SSSR count). The number of anilines is 2. The lowest BCUT2D eigenvalue weighted by Crippen LogP contribution is -2.31. The minimum atomic E-state index is -0.179. The molecule has 0 atom stereocenters. The summed E-state index contributed by atoms with van der Waals surface area (Å²) in [5.74, 6) is 0.490. The lowest BCUT2D eigenvalue weighted by Gasteiger charge is -2.20. The zero-order valence-electron chi connectivity index (χ0n) is 12.1. The highest BCUT2D eigenvalue weighted by Gasteiger charge is 2.05. The molecular formula is C14H21N5O. The van der Waals surface area contributed by atoms with Crippen LogP contribution in [-0.2, 0) is 0 Å². The van der Waals surface area contributed by atoms with Crippen LogP contribution in [0.1, 0.15) is 13.8 Å². The van der Waals surface area contributed by atoms with Crippen LogP contribution >= 0.6 is 0 Å². The molecule has 0 spiro atoms. The summed E-state index contributed by atoms with van der Waals surface area (Å²) in [6, 6.07) is 5.62. The Labute approximate surface area is 118 Å². The SMILES string of the molecule is CC(C)N(C)CCNc1nc2ccc(N)cc2c(=O)[nH]1. The van der Waals surface area contributed by atoms with Gasteiger partial charge < -0.3 is 16.0 Å². The number of benzene rings is 1. The summed E-state index contributed by atoms with van der Waals surface area (Å²) in [5.41, 5.74) is 6.69. The van der Waals surface area contributed by atoms with Crippen molar-refractivity contribution in [3.05, 3.63) is 28.6 Å². The van der Waals surface area contributed by atoms with Gasteiger partial charge in [0.25, 0.3) is 5.56 Å². The largest absolute Gasteiger partial charge is 0.399 e. The fourth-order valence-electron chi connectivity index (χ4n) is 1.85. The number of nitrogen functional groups attached to an aromatic ring is 1. The Kier molecular flexibility index (Phi) is 4.24. The molecule has 6 heteroatoms. The summed E-state index contributed by atoms with van der Waals surface area (Å²) in [6.07, 6.45) is 0. The van der Waals surface area contributed by atoms with Crippen molar-refractivity contribution in [1.82, 2.24) is 14.9 Å². The molecule has 0 aliphatic rings. The fraction of sp³-hybridized carbons (Fsp3) is 0.429. The molecule has 0 aliphatic heterocycles. The number of hydrogen-bond acceptors (Lipinski definition) is 5. The van der Waals surface area contributed by atoms with Crippen LogP contribution in [0.3, 0.4) is 0 Å². The monoisotopic (exact) mass is 275 g/mol. The molecule has 1 aromatic heterocycles. The first-order valence-corrected chi connectivity index (χ1v) is 6.71. The molecule has 0 saturated heterocycles. The van der Waals surface area contributed by atoms with Gasteiger partial charge in [0.1, 0.15) is 0 Å². The molecule has 4 N–H and O–H groups in total. The van der Waals surface area contributed by atoms with E-state index in [9.17, 15) is 4.79 Å². The van der Waals surface area contributed by atoms with Crippen molar-refractivity contribution in [2.45, 2.75) is 19.9 Å². The molecule has 2 aromatic rings. The molecule has 0 radical (unpaired) electrons. The van der Waals surface area contributed by atoms with Crippen molar-refractivity contribution < 1.29 is 0 Å². The molecule has 108 valence electrons. The van der Waals surface area contributed by atoms with Crippen LogP contribution in [0.5, 0.6) is 0 Å². The molecular weight excluding hydrogens is 254 g/mol. The van der Waals surface area contributed by atoms with Gasteiger partial charge in [-0.3, -0.25) is 9.78 Å². The predicted molar refractivity (Wildman–Crippen MR) is 83.0 cm³/mol. The molecule has 6 nitrogen and oxygen atoms in total. The Balaban J connectivity index is 2.12. The van der Waals surface area contributed by atoms with Crippen molar-refractivity contribution in [2.75, 3.05) is 31.2 Å². The first-order chi connectivity index (χ1) is 9.47. The van der Waals surface area contributed by atoms with E-state index in [1.165, 1.54) is 0 Å². The third-order valence-corrected chi connectivity index (χ3v) is 3.37. The van der Waals surface area contributed by atoms with Crippen LogP contribution in [0.4, 0.5) is 11.6 Å². The number of aromatic nitrogens is 2. The second-order valence-corrected chi connectivity index (χ2v) is 5.19. The molecule has 0 amide bonds. The van der Waals surface area contributed by atoms with E-state index in [0.717, 1.165) is 13.1 Å². The van der Waals surface area contributed by atoms with Crippen molar-refractivity contribution in [2.24, 2.45) is 0 Å². The normalized spacial score (nSPS) is 11.4. The number of nitrogens with two attached hydrogens (primary N) is 1. The third-order valence-electron chi connectivity index (χ3n) is 3.37. The van der Waals surface area contributed by atoms with Crippen LogP contribution < -0.4 is 16.6 Å². The Morgan fingerprint density at radius 3 is 2.90 bits per heavy atom. The van der Waals surface area contributed by atoms with Gasteiger partial charge in [0.2, 0.25) is 5.95 Å². The van der Waals surface area contributed by atoms with Gasteiger partial charge in [-0.05, 0) is 39.1 Å². The van der Waals surface area contributed by atoms with Gasteiger partial charge in [-0.2, -0.15) is 0 Å². The highest BCUT2D eigenvalue weighted by molar-refractivity contribution is 5.81. The highest BCUT2D eigenvalue weighted by atomic mass is 16.1. The number of aromatic amines is 1. The molecule has 0 saturated carbocycles. The first kappa shape index (κ1) is 14.3. The van der Waals surface area contributed by atoms with Crippen LogP contribution in [0.25, 0.3) is 10.9 Å². The molecule has 0 bridgehead atoms. The van der Waals surface area contributed by atoms with E-state index < -0.39 is 0 Å². The molecule has 0 unspecified atom stereocenters. The van der Waals surface area contributed by atoms with Crippen LogP contribution in [-0.4, -0.2) is 41.0 Å². The molecule has 20 heavy (non-hydrogen) atoms.